The van der Waals surface area contributed by atoms with E-state index in [9.17, 15) is 10.2 Å². The van der Waals surface area contributed by atoms with Crippen LogP contribution < -0.4 is 15.4 Å². The summed E-state index contributed by atoms with van der Waals surface area (Å²) in [5.41, 5.74) is 0.833. The van der Waals surface area contributed by atoms with Crippen LogP contribution in [0.4, 0.5) is 0 Å². The van der Waals surface area contributed by atoms with Crippen LogP contribution in [0.3, 0.4) is 0 Å². The lowest BCUT2D eigenvalue weighted by Gasteiger charge is -2.13. The first kappa shape index (κ1) is 24.2. The van der Waals surface area contributed by atoms with E-state index in [1.54, 1.807) is 24.5 Å². The molecular weight excluding hydrogens is 513 g/mol. The summed E-state index contributed by atoms with van der Waals surface area (Å²) in [4.78, 5) is 5.42. The number of aliphatic hydroxyl groups excluding tert-OH is 1. The number of hydrogen-bond donors (Lipinski definition) is 4. The normalized spacial score (nSPS) is 12.3. The van der Waals surface area contributed by atoms with Crippen molar-refractivity contribution in [3.05, 3.63) is 59.0 Å². The van der Waals surface area contributed by atoms with Gasteiger partial charge in [-0.05, 0) is 42.5 Å². The predicted octanol–water partition coefficient (Wildman–Crippen LogP) is 4.06. The minimum absolute atomic E-state index is 0. The third-order valence-electron chi connectivity index (χ3n) is 4.52. The van der Waals surface area contributed by atoms with Gasteiger partial charge in [-0.15, -0.1) is 35.3 Å². The number of rotatable bonds is 8. The third kappa shape index (κ3) is 6.48. The molecule has 0 saturated heterocycles. The van der Waals surface area contributed by atoms with Gasteiger partial charge in [0.15, 0.2) is 5.96 Å². The Kier molecular flexibility index (Phi) is 9.67. The zero-order chi connectivity index (χ0) is 20.6. The molecule has 6 nitrogen and oxygen atoms in total. The van der Waals surface area contributed by atoms with E-state index < -0.39 is 6.10 Å². The van der Waals surface area contributed by atoms with E-state index in [0.29, 0.717) is 24.7 Å². The summed E-state index contributed by atoms with van der Waals surface area (Å²) < 4.78 is 6.27. The topological polar surface area (TPSA) is 86.1 Å². The van der Waals surface area contributed by atoms with E-state index in [4.69, 9.17) is 4.74 Å². The Morgan fingerprint density at radius 1 is 1.17 bits per heavy atom. The first-order valence-electron chi connectivity index (χ1n) is 9.65. The molecular formula is C22H28IN3O3S. The van der Waals surface area contributed by atoms with E-state index in [0.717, 1.165) is 27.1 Å². The van der Waals surface area contributed by atoms with Gasteiger partial charge >= 0.3 is 0 Å². The molecule has 3 aromatic rings. The van der Waals surface area contributed by atoms with Gasteiger partial charge < -0.3 is 25.6 Å². The zero-order valence-electron chi connectivity index (χ0n) is 17.1. The van der Waals surface area contributed by atoms with E-state index in [2.05, 4.69) is 21.7 Å². The lowest BCUT2D eigenvalue weighted by Crippen LogP contribution is -2.38. The molecule has 0 amide bonds. The second-order valence-electron chi connectivity index (χ2n) is 6.59. The van der Waals surface area contributed by atoms with Gasteiger partial charge in [-0.25, -0.2) is 0 Å². The van der Waals surface area contributed by atoms with Crippen LogP contribution in [0.15, 0.2) is 53.5 Å². The maximum Gasteiger partial charge on any atom is 0.191 e. The predicted molar refractivity (Wildman–Crippen MR) is 135 cm³/mol. The number of aliphatic hydroxyl groups is 1. The largest absolute Gasteiger partial charge is 0.508 e. The number of methoxy groups -OCH3 is 1. The minimum atomic E-state index is -0.645. The molecule has 162 valence electrons. The van der Waals surface area contributed by atoms with E-state index in [1.165, 1.54) is 0 Å². The minimum Gasteiger partial charge on any atom is -0.508 e. The Labute approximate surface area is 198 Å². The zero-order valence-corrected chi connectivity index (χ0v) is 20.2. The van der Waals surface area contributed by atoms with Crippen LogP contribution in [0.5, 0.6) is 11.5 Å². The van der Waals surface area contributed by atoms with Crippen LogP contribution in [-0.4, -0.2) is 42.9 Å². The molecule has 1 aromatic heterocycles. The van der Waals surface area contributed by atoms with Gasteiger partial charge in [0, 0.05) is 28.7 Å². The van der Waals surface area contributed by atoms with Gasteiger partial charge in [-0.3, -0.25) is 4.99 Å². The van der Waals surface area contributed by atoms with Gasteiger partial charge in [-0.1, -0.05) is 24.3 Å². The Balaban J connectivity index is 0.00000320. The van der Waals surface area contributed by atoms with Crippen molar-refractivity contribution in [3.8, 4) is 11.5 Å². The van der Waals surface area contributed by atoms with Crippen molar-refractivity contribution < 1.29 is 14.9 Å². The van der Waals surface area contributed by atoms with Crippen molar-refractivity contribution in [1.29, 1.82) is 0 Å². The maximum atomic E-state index is 10.5. The molecule has 0 fully saturated rings. The van der Waals surface area contributed by atoms with Gasteiger partial charge in [0.05, 0.1) is 13.7 Å². The molecule has 4 N–H and O–H groups in total. The number of hydrogen-bond acceptors (Lipinski definition) is 5. The molecule has 0 radical (unpaired) electrons. The summed E-state index contributed by atoms with van der Waals surface area (Å²) in [6.45, 7) is 3.59. The average Bonchev–Trinajstić information content (AvgIpc) is 3.17. The Morgan fingerprint density at radius 3 is 2.67 bits per heavy atom. The fraction of sp³-hybridized carbons (Fsp3) is 0.318. The number of phenolic OH excluding ortho intramolecular Hbond substituents is 1. The van der Waals surface area contributed by atoms with Crippen molar-refractivity contribution in [2.45, 2.75) is 19.4 Å². The number of fused-ring (bicyclic) bond motifs is 1. The summed E-state index contributed by atoms with van der Waals surface area (Å²) >= 11 is 1.59. The van der Waals surface area contributed by atoms with Gasteiger partial charge in [0.25, 0.3) is 0 Å². The van der Waals surface area contributed by atoms with Crippen LogP contribution in [0.2, 0.25) is 0 Å². The molecule has 3 rings (SSSR count). The first-order valence-corrected chi connectivity index (χ1v) is 10.5. The highest BCUT2D eigenvalue weighted by Crippen LogP contribution is 2.29. The van der Waals surface area contributed by atoms with Crippen molar-refractivity contribution in [2.24, 2.45) is 4.99 Å². The van der Waals surface area contributed by atoms with Crippen molar-refractivity contribution >= 4 is 51.4 Å². The van der Waals surface area contributed by atoms with Gasteiger partial charge in [0.1, 0.15) is 17.6 Å². The highest BCUT2D eigenvalue weighted by molar-refractivity contribution is 14.0. The second-order valence-corrected chi connectivity index (χ2v) is 7.71. The highest BCUT2D eigenvalue weighted by atomic mass is 127. The molecule has 0 aliphatic carbocycles. The van der Waals surface area contributed by atoms with Gasteiger partial charge in [-0.2, -0.15) is 0 Å². The molecule has 0 aliphatic rings. The molecule has 1 unspecified atom stereocenters. The van der Waals surface area contributed by atoms with Crippen LogP contribution in [0, 0.1) is 0 Å². The maximum absolute atomic E-state index is 10.5. The van der Waals surface area contributed by atoms with E-state index in [-0.39, 0.29) is 36.3 Å². The molecule has 0 aliphatic heterocycles. The Morgan fingerprint density at radius 2 is 1.97 bits per heavy atom. The van der Waals surface area contributed by atoms with Crippen LogP contribution in [0.1, 0.15) is 23.5 Å². The third-order valence-corrected chi connectivity index (χ3v) is 5.74. The van der Waals surface area contributed by atoms with Crippen molar-refractivity contribution in [2.75, 3.05) is 26.7 Å². The van der Waals surface area contributed by atoms with Crippen molar-refractivity contribution in [1.82, 2.24) is 10.6 Å². The molecule has 1 atom stereocenters. The Hall–Kier alpha value is -2.04. The molecule has 0 saturated carbocycles. The quantitative estimate of drug-likeness (QED) is 0.196. The number of benzene rings is 2. The highest BCUT2D eigenvalue weighted by Gasteiger charge is 2.11. The number of guanidine groups is 1. The van der Waals surface area contributed by atoms with E-state index in [1.807, 2.05) is 43.3 Å². The lowest BCUT2D eigenvalue weighted by molar-refractivity contribution is 0.191. The first-order chi connectivity index (χ1) is 14.1. The molecule has 0 bridgehead atoms. The fourth-order valence-electron chi connectivity index (χ4n) is 2.97. The number of nitrogens with one attached hydrogen (secondary N) is 2. The standard InChI is InChI=1S/C22H27N3O3S.HI/c1-3-23-22(24-11-10-15-8-9-17(28-2)13-18(15)26)25-14-19(27)21-12-16-6-4-5-7-20(16)29-21;/h4-9,12-13,19,26-27H,3,10-11,14H2,1-2H3,(H2,23,24,25);1H. The fourth-order valence-corrected chi connectivity index (χ4v) is 4.02. The molecule has 8 heteroatoms. The van der Waals surface area contributed by atoms with Gasteiger partial charge in [0.2, 0.25) is 0 Å². The molecule has 2 aromatic carbocycles. The van der Waals surface area contributed by atoms with E-state index >= 15 is 0 Å². The number of halogens is 1. The van der Waals surface area contributed by atoms with Crippen LogP contribution >= 0.6 is 35.3 Å². The molecule has 0 spiro atoms. The second kappa shape index (κ2) is 12.0. The average molecular weight is 541 g/mol. The molecule has 1 heterocycles. The summed E-state index contributed by atoms with van der Waals surface area (Å²) in [5.74, 6) is 1.48. The van der Waals surface area contributed by atoms with Crippen molar-refractivity contribution in [3.63, 3.8) is 0 Å². The monoisotopic (exact) mass is 541 g/mol. The number of aliphatic imine (C=N–C) groups is 1. The summed E-state index contributed by atoms with van der Waals surface area (Å²) in [6, 6.07) is 15.4. The molecule has 30 heavy (non-hydrogen) atoms. The number of nitrogens with zero attached hydrogens (tertiary/aromatic N) is 1. The number of thiophene rings is 1. The summed E-state index contributed by atoms with van der Waals surface area (Å²) in [5, 5.41) is 28.2. The smallest absolute Gasteiger partial charge is 0.191 e. The summed E-state index contributed by atoms with van der Waals surface area (Å²) in [6.07, 6.45) is -0.00691. The van der Waals surface area contributed by atoms with Crippen LogP contribution in [-0.2, 0) is 6.42 Å². The Bertz CT molecular complexity index is 944. The number of ether oxygens (including phenoxy) is 1. The SMILES string of the molecule is CCNC(=NCC(O)c1cc2ccccc2s1)NCCc1ccc(OC)cc1O.I. The number of phenols is 1. The van der Waals surface area contributed by atoms with Crippen LogP contribution in [0.25, 0.3) is 10.1 Å². The summed E-state index contributed by atoms with van der Waals surface area (Å²) in [7, 11) is 1.57. The lowest BCUT2D eigenvalue weighted by atomic mass is 10.1. The number of aromatic hydroxyl groups is 1.